The minimum atomic E-state index is -1.02. The van der Waals surface area contributed by atoms with Crippen LogP contribution >= 0.6 is 0 Å². The fraction of sp³-hybridized carbons (Fsp3) is 0.429. The van der Waals surface area contributed by atoms with E-state index in [0.29, 0.717) is 24.9 Å². The molecule has 1 aliphatic heterocycles. The van der Waals surface area contributed by atoms with Gasteiger partial charge in [-0.25, -0.2) is 0 Å². The summed E-state index contributed by atoms with van der Waals surface area (Å²) in [5, 5.41) is 24.6. The van der Waals surface area contributed by atoms with Crippen molar-refractivity contribution in [3.63, 3.8) is 0 Å². The van der Waals surface area contributed by atoms with E-state index in [1.165, 1.54) is 18.1 Å². The first kappa shape index (κ1) is 34.6. The number of carbonyl (C=O) groups is 6. The van der Waals surface area contributed by atoms with Gasteiger partial charge in [-0.15, -0.1) is 0 Å². The van der Waals surface area contributed by atoms with Crippen molar-refractivity contribution in [3.05, 3.63) is 53.4 Å². The van der Waals surface area contributed by atoms with Crippen LogP contribution in [0.3, 0.4) is 0 Å². The molecule has 0 aliphatic carbocycles. The molecule has 0 aromatic heterocycles. The number of aliphatic carboxylic acids is 1. The molecular weight excluding hydrogens is 562 g/mol. The second-order valence-electron chi connectivity index (χ2n) is 9.37. The van der Waals surface area contributed by atoms with Crippen LogP contribution in [0, 0.1) is 0 Å². The third-order valence-electron chi connectivity index (χ3n) is 5.99. The molecule has 0 saturated carbocycles. The van der Waals surface area contributed by atoms with Gasteiger partial charge in [-0.3, -0.25) is 39.0 Å². The zero-order valence-corrected chi connectivity index (χ0v) is 24.2. The molecule has 234 valence electrons. The summed E-state index contributed by atoms with van der Waals surface area (Å²) in [5.74, 6) is -3.77. The summed E-state index contributed by atoms with van der Waals surface area (Å²) in [7, 11) is 1.37. The van der Waals surface area contributed by atoms with Crippen molar-refractivity contribution >= 4 is 41.6 Å². The summed E-state index contributed by atoms with van der Waals surface area (Å²) >= 11 is 0. The Morgan fingerprint density at radius 1 is 1.00 bits per heavy atom. The van der Waals surface area contributed by atoms with E-state index >= 15 is 0 Å². The van der Waals surface area contributed by atoms with Crippen LogP contribution in [0.25, 0.3) is 6.08 Å². The van der Waals surface area contributed by atoms with E-state index in [2.05, 4.69) is 31.9 Å². The van der Waals surface area contributed by atoms with E-state index in [1.54, 1.807) is 43.3 Å². The third-order valence-corrected chi connectivity index (χ3v) is 5.99. The highest BCUT2D eigenvalue weighted by Gasteiger charge is 2.21. The van der Waals surface area contributed by atoms with Gasteiger partial charge in [-0.2, -0.15) is 0 Å². The van der Waals surface area contributed by atoms with E-state index in [1.807, 2.05) is 0 Å². The lowest BCUT2D eigenvalue weighted by Gasteiger charge is -2.22. The van der Waals surface area contributed by atoms with E-state index < -0.39 is 42.4 Å². The van der Waals surface area contributed by atoms with Crippen LogP contribution in [0.5, 0.6) is 0 Å². The van der Waals surface area contributed by atoms with Crippen molar-refractivity contribution in [2.45, 2.75) is 26.0 Å². The molecule has 1 fully saturated rings. The van der Waals surface area contributed by atoms with E-state index in [4.69, 9.17) is 9.84 Å². The van der Waals surface area contributed by atoms with Gasteiger partial charge in [0.2, 0.25) is 23.6 Å². The second kappa shape index (κ2) is 18.8. The summed E-state index contributed by atoms with van der Waals surface area (Å²) in [4.78, 5) is 74.9. The SMILES string of the molecule is CCN(CC(=O)O)CC(=O)NCCC/C=C1/NC(=O)/C(=C\c2ccccc2)NC(=O)CNC(=O)CNC(=O)CNC1OC. The Labute approximate surface area is 249 Å². The topological polar surface area (TPSA) is 207 Å². The molecule has 0 spiro atoms. The number of ether oxygens (including phenoxy) is 1. The number of hydrogen-bond acceptors (Lipinski definition) is 9. The average molecular weight is 602 g/mol. The molecule has 15 heteroatoms. The predicted molar refractivity (Wildman–Crippen MR) is 156 cm³/mol. The maximum absolute atomic E-state index is 13.4. The Kier molecular flexibility index (Phi) is 15.1. The summed E-state index contributed by atoms with van der Waals surface area (Å²) < 4.78 is 5.48. The van der Waals surface area contributed by atoms with Crippen LogP contribution in [0.2, 0.25) is 0 Å². The van der Waals surface area contributed by atoms with Gasteiger partial charge in [0.1, 0.15) is 11.9 Å². The quantitative estimate of drug-likeness (QED) is 0.112. The number of allylic oxidation sites excluding steroid dienone is 1. The molecule has 2 rings (SSSR count). The molecule has 7 N–H and O–H groups in total. The minimum absolute atomic E-state index is 0.0545. The van der Waals surface area contributed by atoms with E-state index in [-0.39, 0.29) is 50.0 Å². The van der Waals surface area contributed by atoms with Crippen molar-refractivity contribution in [1.82, 2.24) is 36.8 Å². The van der Waals surface area contributed by atoms with Gasteiger partial charge in [-0.05, 0) is 31.0 Å². The van der Waals surface area contributed by atoms with Gasteiger partial charge in [0.25, 0.3) is 5.91 Å². The summed E-state index contributed by atoms with van der Waals surface area (Å²) in [6.07, 6.45) is 3.02. The Balaban J connectivity index is 2.21. The minimum Gasteiger partial charge on any atom is -0.480 e. The number of nitrogens with one attached hydrogen (secondary N) is 6. The van der Waals surface area contributed by atoms with E-state index in [9.17, 15) is 28.8 Å². The first-order valence-corrected chi connectivity index (χ1v) is 13.7. The lowest BCUT2D eigenvalue weighted by molar-refractivity contribution is -0.138. The molecule has 1 aromatic carbocycles. The molecule has 1 saturated heterocycles. The fourth-order valence-corrected chi connectivity index (χ4v) is 3.80. The first-order chi connectivity index (χ1) is 20.6. The molecular formula is C28H39N7O8. The highest BCUT2D eigenvalue weighted by atomic mass is 16.5. The zero-order chi connectivity index (χ0) is 31.6. The summed E-state index contributed by atoms with van der Waals surface area (Å²) in [5.41, 5.74) is 0.796. The number of hydrogen-bond donors (Lipinski definition) is 7. The van der Waals surface area contributed by atoms with Gasteiger partial charge in [0.15, 0.2) is 0 Å². The zero-order valence-electron chi connectivity index (χ0n) is 24.2. The Hall–Kier alpha value is -4.60. The third kappa shape index (κ3) is 13.7. The average Bonchev–Trinajstić information content (AvgIpc) is 2.98. The number of likely N-dealkylation sites (N-methyl/N-ethyl adjacent to an activating group) is 1. The van der Waals surface area contributed by atoms with Crippen molar-refractivity contribution in [2.75, 3.05) is 52.9 Å². The number of rotatable bonds is 11. The Morgan fingerprint density at radius 3 is 2.33 bits per heavy atom. The standard InChI is InChI=1S/C28H39N7O8/c1-3-35(18-26(40)41)17-25(39)29-12-8-7-11-20-28(43-2)32-15-23(37)30-14-22(36)31-16-24(38)33-21(27(42)34-20)13-19-9-5-4-6-10-19/h4-6,9-11,13,28,32H,3,7-8,12,14-18H2,1-2H3,(H,29,39)(H,30,37)(H,31,36)(H,33,38)(H,34,42)(H,40,41)/b20-11+,21-13+. The number of carboxylic acid groups (broad SMARTS) is 1. The molecule has 1 atom stereocenters. The molecule has 1 heterocycles. The van der Waals surface area contributed by atoms with Crippen LogP contribution in [0.1, 0.15) is 25.3 Å². The van der Waals surface area contributed by atoms with Crippen molar-refractivity contribution < 1.29 is 38.6 Å². The highest BCUT2D eigenvalue weighted by molar-refractivity contribution is 6.02. The fourth-order valence-electron chi connectivity index (χ4n) is 3.80. The van der Waals surface area contributed by atoms with Crippen LogP contribution in [-0.2, 0) is 33.5 Å². The summed E-state index contributed by atoms with van der Waals surface area (Å²) in [6.45, 7) is 1.13. The van der Waals surface area contributed by atoms with Crippen LogP contribution in [0.4, 0.5) is 0 Å². The number of carbonyl (C=O) groups excluding carboxylic acids is 5. The normalized spacial score (nSPS) is 19.1. The van der Waals surface area contributed by atoms with Crippen LogP contribution in [0.15, 0.2) is 47.8 Å². The molecule has 43 heavy (non-hydrogen) atoms. The molecule has 1 unspecified atom stereocenters. The Morgan fingerprint density at radius 2 is 1.67 bits per heavy atom. The summed E-state index contributed by atoms with van der Waals surface area (Å²) in [6, 6.07) is 8.82. The predicted octanol–water partition coefficient (Wildman–Crippen LogP) is -1.75. The van der Waals surface area contributed by atoms with Crippen LogP contribution < -0.4 is 31.9 Å². The maximum Gasteiger partial charge on any atom is 0.317 e. The number of benzene rings is 1. The molecule has 1 aliphatic rings. The van der Waals surface area contributed by atoms with Crippen LogP contribution in [-0.4, -0.2) is 105 Å². The van der Waals surface area contributed by atoms with Crippen molar-refractivity contribution in [3.8, 4) is 0 Å². The number of amides is 5. The van der Waals surface area contributed by atoms with Gasteiger partial charge >= 0.3 is 5.97 Å². The lowest BCUT2D eigenvalue weighted by atomic mass is 10.1. The van der Waals surface area contributed by atoms with Gasteiger partial charge in [0.05, 0.1) is 38.4 Å². The lowest BCUT2D eigenvalue weighted by Crippen LogP contribution is -2.46. The van der Waals surface area contributed by atoms with E-state index in [0.717, 1.165) is 0 Å². The number of carboxylic acids is 1. The Bertz CT molecular complexity index is 1200. The van der Waals surface area contributed by atoms with Gasteiger partial charge in [-0.1, -0.05) is 43.3 Å². The monoisotopic (exact) mass is 601 g/mol. The molecule has 5 amide bonds. The second-order valence-corrected chi connectivity index (χ2v) is 9.37. The van der Waals surface area contributed by atoms with Crippen molar-refractivity contribution in [1.29, 1.82) is 0 Å². The van der Waals surface area contributed by atoms with Crippen molar-refractivity contribution in [2.24, 2.45) is 0 Å². The molecule has 0 bridgehead atoms. The molecule has 1 aromatic rings. The first-order valence-electron chi connectivity index (χ1n) is 13.7. The number of methoxy groups -OCH3 is 1. The number of unbranched alkanes of at least 4 members (excludes halogenated alkanes) is 1. The smallest absolute Gasteiger partial charge is 0.317 e. The molecule has 15 nitrogen and oxygen atoms in total. The largest absolute Gasteiger partial charge is 0.480 e. The van der Waals surface area contributed by atoms with Gasteiger partial charge in [0, 0.05) is 13.7 Å². The van der Waals surface area contributed by atoms with Gasteiger partial charge < -0.3 is 36.4 Å². The maximum atomic E-state index is 13.4. The molecule has 0 radical (unpaired) electrons. The number of nitrogens with zero attached hydrogens (tertiary/aromatic N) is 1. The highest BCUT2D eigenvalue weighted by Crippen LogP contribution is 2.09.